The molecule has 4 rings (SSSR count). The van der Waals surface area contributed by atoms with Crippen molar-refractivity contribution in [3.8, 4) is 0 Å². The summed E-state index contributed by atoms with van der Waals surface area (Å²) < 4.78 is 25.1. The maximum Gasteiger partial charge on any atom is 0.313 e. The van der Waals surface area contributed by atoms with Gasteiger partial charge in [-0.25, -0.2) is 0 Å². The van der Waals surface area contributed by atoms with Crippen molar-refractivity contribution in [2.45, 2.75) is 93.0 Å². The van der Waals surface area contributed by atoms with Crippen molar-refractivity contribution in [2.24, 2.45) is 0 Å². The van der Waals surface area contributed by atoms with Crippen LogP contribution < -0.4 is 4.90 Å². The summed E-state index contributed by atoms with van der Waals surface area (Å²) in [5, 5.41) is 52.7. The molecule has 6 unspecified atom stereocenters. The molecular weight excluding hydrogens is 884 g/mol. The van der Waals surface area contributed by atoms with Gasteiger partial charge in [0.25, 0.3) is 0 Å². The standard InChI is InChI=1S/C19H24N2S.C18H24N4O18.ClH/c1-4-20(5-2)15(3)14-21-16-10-6-8-12-18(16)22-19-13-9-7-11-17(19)21;23-11(1-5-19(28)29)36-9-10-15(38-12(24)2-6-20(30)31)16(39-13(25)3-7-21(32)33)17(18(27)37-10)40-14(26)4-8-22(34)35;/h6-13,15H,4-5,14H2,1-3H3;10,15-18,27H,1-9H2;1H. The number of carbonyl (C=O) groups is 4. The number of ether oxygens (including phenoxy) is 5. The Hall–Kier alpha value is -5.76. The molecule has 2 aliphatic heterocycles. The fraction of sp³-hybridized carbons (Fsp3) is 0.568. The van der Waals surface area contributed by atoms with Gasteiger partial charge in [-0.3, -0.25) is 64.5 Å². The molecule has 0 amide bonds. The molecule has 348 valence electrons. The maximum absolute atomic E-state index is 12.3. The van der Waals surface area contributed by atoms with Crippen molar-refractivity contribution in [3.05, 3.63) is 89.0 Å². The molecule has 0 bridgehead atoms. The normalized spacial score (nSPS) is 19.0. The molecule has 0 radical (unpaired) electrons. The monoisotopic (exact) mass is 932 g/mol. The Morgan fingerprint density at radius 2 is 1.10 bits per heavy atom. The highest BCUT2D eigenvalue weighted by Gasteiger charge is 2.52. The van der Waals surface area contributed by atoms with Gasteiger partial charge in [-0.05, 0) is 44.3 Å². The number of aliphatic hydroxyl groups excluding tert-OH is 1. The number of benzene rings is 2. The van der Waals surface area contributed by atoms with E-state index in [9.17, 15) is 64.7 Å². The Morgan fingerprint density at radius 1 is 0.698 bits per heavy atom. The number of nitro groups is 4. The van der Waals surface area contributed by atoms with E-state index in [1.807, 2.05) is 11.8 Å². The molecule has 2 aromatic rings. The van der Waals surface area contributed by atoms with Crippen LogP contribution in [0.1, 0.15) is 46.5 Å². The van der Waals surface area contributed by atoms with Gasteiger partial charge < -0.3 is 33.7 Å². The predicted octanol–water partition coefficient (Wildman–Crippen LogP) is 3.09. The first-order chi connectivity index (χ1) is 29.4. The van der Waals surface area contributed by atoms with Gasteiger partial charge in [-0.15, -0.1) is 12.4 Å². The second-order valence-corrected chi connectivity index (χ2v) is 14.6. The number of hydrogen-bond acceptors (Lipinski definition) is 21. The van der Waals surface area contributed by atoms with Gasteiger partial charge in [0, 0.05) is 42.1 Å². The third kappa shape index (κ3) is 17.5. The van der Waals surface area contributed by atoms with E-state index in [0.29, 0.717) is 6.04 Å². The van der Waals surface area contributed by atoms with E-state index in [4.69, 9.17) is 23.7 Å². The SMILES string of the molecule is CCN(CC)C(C)CN1c2ccccc2Sc2ccccc21.Cl.O=C(CC[N+](=O)[O-])OCC1OC(O)C(OC(=O)CC[N+](=O)[O-])C(OC(=O)CC[N+](=O)[O-])C1OC(=O)CC[N+](=O)[O-]. The molecule has 63 heavy (non-hydrogen) atoms. The third-order valence-electron chi connectivity index (χ3n) is 9.23. The molecular formula is C37H49ClN6O18S. The number of hydrogen-bond donors (Lipinski definition) is 1. The minimum atomic E-state index is -2.22. The summed E-state index contributed by atoms with van der Waals surface area (Å²) in [4.78, 5) is 95.0. The minimum Gasteiger partial charge on any atom is -0.463 e. The number of anilines is 2. The zero-order chi connectivity index (χ0) is 45.9. The highest BCUT2D eigenvalue weighted by molar-refractivity contribution is 7.99. The summed E-state index contributed by atoms with van der Waals surface area (Å²) in [7, 11) is 0. The number of nitrogens with zero attached hydrogens (tertiary/aromatic N) is 6. The van der Waals surface area contributed by atoms with Crippen LogP contribution in [0.5, 0.6) is 0 Å². The fourth-order valence-electron chi connectivity index (χ4n) is 6.25. The first-order valence-corrected chi connectivity index (χ1v) is 20.2. The van der Waals surface area contributed by atoms with Gasteiger partial charge in [0.15, 0.2) is 24.6 Å². The maximum atomic E-state index is 12.3. The van der Waals surface area contributed by atoms with Crippen molar-refractivity contribution in [1.82, 2.24) is 4.90 Å². The van der Waals surface area contributed by atoms with Crippen LogP contribution in [-0.4, -0.2) is 143 Å². The zero-order valence-corrected chi connectivity index (χ0v) is 36.1. The van der Waals surface area contributed by atoms with E-state index in [0.717, 1.165) is 19.6 Å². The van der Waals surface area contributed by atoms with Crippen LogP contribution in [-0.2, 0) is 42.9 Å². The number of aliphatic hydroxyl groups is 1. The molecule has 2 aromatic carbocycles. The Morgan fingerprint density at radius 3 is 1.52 bits per heavy atom. The van der Waals surface area contributed by atoms with Crippen LogP contribution in [0, 0.1) is 40.5 Å². The molecule has 1 saturated heterocycles. The molecule has 2 aliphatic rings. The van der Waals surface area contributed by atoms with Gasteiger partial charge in [-0.2, -0.15) is 0 Å². The molecule has 2 heterocycles. The van der Waals surface area contributed by atoms with Crippen molar-refractivity contribution < 1.29 is 67.7 Å². The number of halogens is 1. The van der Waals surface area contributed by atoms with Crippen LogP contribution in [0.25, 0.3) is 0 Å². The first kappa shape index (κ1) is 53.4. The molecule has 26 heteroatoms. The molecule has 0 spiro atoms. The molecule has 1 fully saturated rings. The number of rotatable bonds is 22. The quantitative estimate of drug-likeness (QED) is 0.0767. The van der Waals surface area contributed by atoms with Crippen LogP contribution >= 0.6 is 24.2 Å². The second kappa shape index (κ2) is 26.7. The summed E-state index contributed by atoms with van der Waals surface area (Å²) in [6.45, 7) is 5.59. The molecule has 0 aliphatic carbocycles. The van der Waals surface area contributed by atoms with Crippen molar-refractivity contribution in [3.63, 3.8) is 0 Å². The van der Waals surface area contributed by atoms with Gasteiger partial charge in [-0.1, -0.05) is 49.9 Å². The Labute approximate surface area is 370 Å². The third-order valence-corrected chi connectivity index (χ3v) is 10.4. The lowest BCUT2D eigenvalue weighted by Crippen LogP contribution is -2.62. The van der Waals surface area contributed by atoms with E-state index in [1.165, 1.54) is 21.2 Å². The Balaban J connectivity index is 0.000000496. The van der Waals surface area contributed by atoms with E-state index in [2.05, 4.69) is 79.1 Å². The van der Waals surface area contributed by atoms with Gasteiger partial charge in [0.2, 0.25) is 26.2 Å². The highest BCUT2D eigenvalue weighted by atomic mass is 35.5. The number of carbonyl (C=O) groups excluding carboxylic acids is 4. The summed E-state index contributed by atoms with van der Waals surface area (Å²) in [5.41, 5.74) is 2.68. The largest absolute Gasteiger partial charge is 0.463 e. The second-order valence-electron chi connectivity index (χ2n) is 13.6. The van der Waals surface area contributed by atoms with Crippen molar-refractivity contribution >= 4 is 59.4 Å². The molecule has 1 N–H and O–H groups in total. The van der Waals surface area contributed by atoms with Crippen LogP contribution in [0.15, 0.2) is 58.3 Å². The number of likely N-dealkylation sites (N-methyl/N-ethyl adjacent to an activating group) is 1. The summed E-state index contributed by atoms with van der Waals surface area (Å²) in [5.74, 6) is -5.06. The molecule has 6 atom stereocenters. The van der Waals surface area contributed by atoms with E-state index < -0.39 is 133 Å². The zero-order valence-electron chi connectivity index (χ0n) is 34.5. The lowest BCUT2D eigenvalue weighted by molar-refractivity contribution is -0.479. The molecule has 0 aromatic heterocycles. The van der Waals surface area contributed by atoms with E-state index in [1.54, 1.807) is 0 Å². The van der Waals surface area contributed by atoms with Gasteiger partial charge >= 0.3 is 23.9 Å². The minimum absolute atomic E-state index is 0. The average molecular weight is 933 g/mol. The van der Waals surface area contributed by atoms with E-state index in [-0.39, 0.29) is 12.4 Å². The number of fused-ring (bicyclic) bond motifs is 2. The summed E-state index contributed by atoms with van der Waals surface area (Å²) in [6, 6.07) is 18.0. The fourth-order valence-corrected chi connectivity index (χ4v) is 7.34. The smallest absolute Gasteiger partial charge is 0.313 e. The topological polar surface area (TPSA) is 314 Å². The molecule has 0 saturated carbocycles. The predicted molar refractivity (Wildman–Crippen MR) is 221 cm³/mol. The average Bonchev–Trinajstić information content (AvgIpc) is 3.22. The lowest BCUT2D eigenvalue weighted by Gasteiger charge is -2.42. The first-order valence-electron chi connectivity index (χ1n) is 19.4. The van der Waals surface area contributed by atoms with Gasteiger partial charge in [0.05, 0.1) is 11.4 Å². The summed E-state index contributed by atoms with van der Waals surface area (Å²) >= 11 is 1.88. The van der Waals surface area contributed by atoms with E-state index >= 15 is 0 Å². The van der Waals surface area contributed by atoms with Crippen LogP contribution in [0.2, 0.25) is 0 Å². The Bertz CT molecular complexity index is 1860. The Kier molecular flexibility index (Phi) is 22.6. The lowest BCUT2D eigenvalue weighted by atomic mass is 9.98. The van der Waals surface area contributed by atoms with Crippen molar-refractivity contribution in [1.29, 1.82) is 0 Å². The number of esters is 4. The number of para-hydroxylation sites is 2. The van der Waals surface area contributed by atoms with Crippen LogP contribution in [0.4, 0.5) is 11.4 Å². The van der Waals surface area contributed by atoms with Crippen LogP contribution in [0.3, 0.4) is 0 Å². The van der Waals surface area contributed by atoms with Gasteiger partial charge in [0.1, 0.15) is 38.4 Å². The molecule has 24 nitrogen and oxygen atoms in total. The highest BCUT2D eigenvalue weighted by Crippen LogP contribution is 2.48. The van der Waals surface area contributed by atoms with Crippen molar-refractivity contribution in [2.75, 3.05) is 57.3 Å². The summed E-state index contributed by atoms with van der Waals surface area (Å²) in [6.07, 6.45) is -13.2.